The Morgan fingerprint density at radius 2 is 1.92 bits per heavy atom. The minimum atomic E-state index is -1.15. The van der Waals surface area contributed by atoms with Crippen LogP contribution in [-0.2, 0) is 16.6 Å². The van der Waals surface area contributed by atoms with Crippen molar-refractivity contribution >= 4 is 46.3 Å². The van der Waals surface area contributed by atoms with Crippen LogP contribution in [0.2, 0.25) is 0 Å². The third-order valence-corrected chi connectivity index (χ3v) is 5.42. The third-order valence-electron chi connectivity index (χ3n) is 4.04. The van der Waals surface area contributed by atoms with Gasteiger partial charge >= 0.3 is 5.97 Å². The number of benzene rings is 1. The Bertz CT molecular complexity index is 1010. The lowest BCUT2D eigenvalue weighted by molar-refractivity contribution is -0.140. The summed E-state index contributed by atoms with van der Waals surface area (Å²) >= 11 is 6.07. The minimum absolute atomic E-state index is 0.167. The van der Waals surface area contributed by atoms with Crippen LogP contribution in [0.4, 0.5) is 0 Å². The number of carbonyl (C=O) groups is 2. The highest BCUT2D eigenvalue weighted by molar-refractivity contribution is 8.26. The molecule has 9 heteroatoms. The fourth-order valence-electron chi connectivity index (χ4n) is 2.66. The van der Waals surface area contributed by atoms with Crippen LogP contribution in [0, 0.1) is 6.92 Å². The molecule has 1 aliphatic heterocycles. The predicted octanol–water partition coefficient (Wildman–Crippen LogP) is 1.77. The second kappa shape index (κ2) is 6.93. The van der Waals surface area contributed by atoms with Crippen molar-refractivity contribution in [1.29, 1.82) is 0 Å². The summed E-state index contributed by atoms with van der Waals surface area (Å²) in [5.74, 6) is -1.65. The van der Waals surface area contributed by atoms with Crippen molar-refractivity contribution in [3.05, 3.63) is 56.8 Å². The van der Waals surface area contributed by atoms with Crippen LogP contribution in [0.3, 0.4) is 0 Å². The lowest BCUT2D eigenvalue weighted by Gasteiger charge is -2.10. The number of hydrogen-bond donors (Lipinski definition) is 1. The molecule has 0 radical (unpaired) electrons. The highest BCUT2D eigenvalue weighted by atomic mass is 32.2. The van der Waals surface area contributed by atoms with E-state index in [9.17, 15) is 14.4 Å². The highest BCUT2D eigenvalue weighted by Crippen LogP contribution is 2.32. The van der Waals surface area contributed by atoms with Gasteiger partial charge in [0.1, 0.15) is 10.9 Å². The van der Waals surface area contributed by atoms with E-state index in [2.05, 4.69) is 0 Å². The van der Waals surface area contributed by atoms with Gasteiger partial charge in [-0.3, -0.25) is 24.0 Å². The van der Waals surface area contributed by atoms with Gasteiger partial charge in [0, 0.05) is 12.7 Å². The van der Waals surface area contributed by atoms with Gasteiger partial charge in [0.05, 0.1) is 16.2 Å². The topological polar surface area (TPSA) is 84.5 Å². The van der Waals surface area contributed by atoms with Gasteiger partial charge in [-0.15, -0.1) is 0 Å². The zero-order valence-corrected chi connectivity index (χ0v) is 15.6. The quantitative estimate of drug-likeness (QED) is 0.634. The second-order valence-corrected chi connectivity index (χ2v) is 7.31. The van der Waals surface area contributed by atoms with E-state index in [1.165, 1.54) is 10.8 Å². The monoisotopic (exact) mass is 389 g/mol. The zero-order chi connectivity index (χ0) is 19.0. The Kier molecular flexibility index (Phi) is 4.84. The Morgan fingerprint density at radius 1 is 1.27 bits per heavy atom. The zero-order valence-electron chi connectivity index (χ0n) is 14.0. The first-order chi connectivity index (χ1) is 12.3. The summed E-state index contributed by atoms with van der Waals surface area (Å²) in [5.41, 5.74) is 1.50. The number of carboxylic acid groups (broad SMARTS) is 1. The molecule has 1 saturated heterocycles. The van der Waals surface area contributed by atoms with Crippen molar-refractivity contribution in [2.45, 2.75) is 6.92 Å². The maximum absolute atomic E-state index is 12.9. The van der Waals surface area contributed by atoms with Crippen molar-refractivity contribution in [1.82, 2.24) is 14.3 Å². The Morgan fingerprint density at radius 3 is 2.54 bits per heavy atom. The molecular weight excluding hydrogens is 374 g/mol. The van der Waals surface area contributed by atoms with Crippen LogP contribution in [0.5, 0.6) is 0 Å². The van der Waals surface area contributed by atoms with E-state index in [1.54, 1.807) is 18.7 Å². The fourth-order valence-corrected chi connectivity index (χ4v) is 3.89. The maximum Gasteiger partial charge on any atom is 0.323 e. The van der Waals surface area contributed by atoms with E-state index in [1.807, 2.05) is 30.3 Å². The molecule has 1 N–H and O–H groups in total. The molecular formula is C17H15N3O4S2. The standard InChI is InChI=1S/C17H15N3O4S2/c1-10-12(8-13-16(24)19(9-14(21)22)17(25)26-13)15(23)20(18(10)2)11-6-4-3-5-7-11/h3-8H,9H2,1-2H3,(H,21,22). The molecule has 0 bridgehead atoms. The molecule has 1 amide bonds. The van der Waals surface area contributed by atoms with Crippen molar-refractivity contribution < 1.29 is 14.7 Å². The van der Waals surface area contributed by atoms with E-state index in [-0.39, 0.29) is 14.8 Å². The molecule has 2 aromatic rings. The van der Waals surface area contributed by atoms with E-state index < -0.39 is 18.4 Å². The summed E-state index contributed by atoms with van der Waals surface area (Å²) in [4.78, 5) is 37.4. The molecule has 0 unspecified atom stereocenters. The van der Waals surface area contributed by atoms with Crippen LogP contribution in [0.15, 0.2) is 40.0 Å². The third kappa shape index (κ3) is 3.11. The Balaban J connectivity index is 2.05. The van der Waals surface area contributed by atoms with E-state index in [0.29, 0.717) is 16.9 Å². The molecule has 1 aromatic heterocycles. The average Bonchev–Trinajstić information content (AvgIpc) is 2.98. The van der Waals surface area contributed by atoms with Crippen LogP contribution >= 0.6 is 24.0 Å². The SMILES string of the molecule is Cc1c(C=C2SC(=S)N(CC(=O)O)C2=O)c(=O)n(-c2ccccc2)n1C. The number of nitrogens with zero attached hydrogens (tertiary/aromatic N) is 3. The minimum Gasteiger partial charge on any atom is -0.480 e. The Hall–Kier alpha value is -2.65. The van der Waals surface area contributed by atoms with E-state index in [0.717, 1.165) is 16.7 Å². The number of hydrogen-bond acceptors (Lipinski definition) is 5. The number of para-hydroxylation sites is 1. The highest BCUT2D eigenvalue weighted by Gasteiger charge is 2.34. The number of rotatable bonds is 4. The van der Waals surface area contributed by atoms with Gasteiger partial charge in [-0.2, -0.15) is 0 Å². The second-order valence-electron chi connectivity index (χ2n) is 5.64. The number of carboxylic acids is 1. The van der Waals surface area contributed by atoms with Crippen LogP contribution in [0.1, 0.15) is 11.3 Å². The Labute approximate surface area is 158 Å². The van der Waals surface area contributed by atoms with Crippen LogP contribution < -0.4 is 5.56 Å². The van der Waals surface area contributed by atoms with Crippen molar-refractivity contribution in [2.75, 3.05) is 6.54 Å². The van der Waals surface area contributed by atoms with Crippen LogP contribution in [-0.4, -0.2) is 42.1 Å². The van der Waals surface area contributed by atoms with Crippen molar-refractivity contribution in [3.63, 3.8) is 0 Å². The number of thioether (sulfide) groups is 1. The van der Waals surface area contributed by atoms with Gasteiger partial charge in [-0.05, 0) is 25.1 Å². The van der Waals surface area contributed by atoms with Crippen LogP contribution in [0.25, 0.3) is 11.8 Å². The molecule has 0 spiro atoms. The molecule has 3 rings (SSSR count). The molecule has 1 aliphatic rings. The predicted molar refractivity (Wildman–Crippen MR) is 103 cm³/mol. The largest absolute Gasteiger partial charge is 0.480 e. The lowest BCUT2D eigenvalue weighted by atomic mass is 10.2. The number of aromatic nitrogens is 2. The summed E-state index contributed by atoms with van der Waals surface area (Å²) in [6, 6.07) is 9.16. The van der Waals surface area contributed by atoms with Gasteiger partial charge in [-0.25, -0.2) is 4.68 Å². The molecule has 7 nitrogen and oxygen atoms in total. The molecule has 1 aromatic carbocycles. The molecule has 0 atom stereocenters. The van der Waals surface area contributed by atoms with E-state index in [4.69, 9.17) is 17.3 Å². The fraction of sp³-hybridized carbons (Fsp3) is 0.176. The summed E-state index contributed by atoms with van der Waals surface area (Å²) < 4.78 is 3.39. The van der Waals surface area contributed by atoms with Crippen molar-refractivity contribution in [2.24, 2.45) is 7.05 Å². The number of thiocarbonyl (C=S) groups is 1. The van der Waals surface area contributed by atoms with E-state index >= 15 is 0 Å². The summed E-state index contributed by atoms with van der Waals surface area (Å²) in [6.07, 6.45) is 1.48. The van der Waals surface area contributed by atoms with Crippen molar-refractivity contribution in [3.8, 4) is 5.69 Å². The molecule has 26 heavy (non-hydrogen) atoms. The van der Waals surface area contributed by atoms with Gasteiger partial charge in [-0.1, -0.05) is 42.2 Å². The van der Waals surface area contributed by atoms with Gasteiger partial charge in [0.15, 0.2) is 0 Å². The first-order valence-electron chi connectivity index (χ1n) is 7.62. The molecule has 2 heterocycles. The summed E-state index contributed by atoms with van der Waals surface area (Å²) in [5, 5.41) is 8.90. The molecule has 0 aliphatic carbocycles. The first-order valence-corrected chi connectivity index (χ1v) is 8.85. The van der Waals surface area contributed by atoms with Gasteiger partial charge < -0.3 is 5.11 Å². The number of carbonyl (C=O) groups excluding carboxylic acids is 1. The molecule has 134 valence electrons. The summed E-state index contributed by atoms with van der Waals surface area (Å²) in [6.45, 7) is 1.29. The number of aliphatic carboxylic acids is 1. The molecule has 1 fully saturated rings. The lowest BCUT2D eigenvalue weighted by Crippen LogP contribution is -2.33. The smallest absolute Gasteiger partial charge is 0.323 e. The molecule has 0 saturated carbocycles. The average molecular weight is 389 g/mol. The van der Waals surface area contributed by atoms with Gasteiger partial charge in [0.2, 0.25) is 0 Å². The maximum atomic E-state index is 12.9. The van der Waals surface area contributed by atoms with Gasteiger partial charge in [0.25, 0.3) is 11.5 Å². The summed E-state index contributed by atoms with van der Waals surface area (Å²) in [7, 11) is 1.76. The number of amides is 1. The normalized spacial score (nSPS) is 15.9. The first kappa shape index (κ1) is 18.2.